The number of anilines is 1. The Morgan fingerprint density at radius 2 is 2.22 bits per heavy atom. The first-order chi connectivity index (χ1) is 8.69. The number of nitrogens with zero attached hydrogens (tertiary/aromatic N) is 5. The predicted molar refractivity (Wildman–Crippen MR) is 66.5 cm³/mol. The van der Waals surface area contributed by atoms with E-state index in [2.05, 4.69) is 25.3 Å². The van der Waals surface area contributed by atoms with Gasteiger partial charge in [0.05, 0.1) is 13.2 Å². The fourth-order valence-corrected chi connectivity index (χ4v) is 1.48. The summed E-state index contributed by atoms with van der Waals surface area (Å²) in [6.45, 7) is 2.81. The zero-order chi connectivity index (χ0) is 13.0. The molecule has 0 aliphatic carbocycles. The average Bonchev–Trinajstić information content (AvgIpc) is 2.72. The highest BCUT2D eigenvalue weighted by Gasteiger charge is 2.06. The minimum Gasteiger partial charge on any atom is -0.464 e. The van der Waals surface area contributed by atoms with E-state index in [0.29, 0.717) is 19.1 Å². The van der Waals surface area contributed by atoms with Gasteiger partial charge in [-0.15, -0.1) is 0 Å². The number of imidazole rings is 1. The van der Waals surface area contributed by atoms with Gasteiger partial charge in [-0.25, -0.2) is 4.98 Å². The summed E-state index contributed by atoms with van der Waals surface area (Å²) in [4.78, 5) is 16.1. The van der Waals surface area contributed by atoms with Crippen molar-refractivity contribution >= 4 is 17.5 Å². The number of hydrogen-bond donors (Lipinski definition) is 1. The van der Waals surface area contributed by atoms with Crippen LogP contribution in [0.5, 0.6) is 6.01 Å². The summed E-state index contributed by atoms with van der Waals surface area (Å²) in [5.41, 5.74) is 0. The van der Waals surface area contributed by atoms with Gasteiger partial charge in [0, 0.05) is 19.4 Å². The summed E-state index contributed by atoms with van der Waals surface area (Å²) in [7, 11) is 1.91. The highest BCUT2D eigenvalue weighted by Crippen LogP contribution is 2.11. The van der Waals surface area contributed by atoms with Gasteiger partial charge in [0.15, 0.2) is 0 Å². The monoisotopic (exact) mass is 268 g/mol. The fraction of sp³-hybridized carbons (Fsp3) is 0.400. The second-order valence-electron chi connectivity index (χ2n) is 3.45. The molecule has 0 aromatic carbocycles. The number of aryl methyl sites for hydroxylation is 1. The summed E-state index contributed by atoms with van der Waals surface area (Å²) in [6, 6.07) is 0.208. The molecular formula is C10H13ClN6O. The molecular weight excluding hydrogens is 256 g/mol. The second kappa shape index (κ2) is 5.63. The Bertz CT molecular complexity index is 529. The Morgan fingerprint density at radius 1 is 1.39 bits per heavy atom. The zero-order valence-electron chi connectivity index (χ0n) is 10.1. The normalized spacial score (nSPS) is 10.4. The highest BCUT2D eigenvalue weighted by molar-refractivity contribution is 6.28. The molecule has 8 heteroatoms. The van der Waals surface area contributed by atoms with Crippen molar-refractivity contribution in [2.75, 3.05) is 11.9 Å². The van der Waals surface area contributed by atoms with E-state index in [4.69, 9.17) is 16.3 Å². The molecule has 96 valence electrons. The lowest BCUT2D eigenvalue weighted by molar-refractivity contribution is 0.312. The molecule has 2 rings (SSSR count). The quantitative estimate of drug-likeness (QED) is 0.880. The number of hydrogen-bond acceptors (Lipinski definition) is 6. The van der Waals surface area contributed by atoms with Crippen LogP contribution in [0.15, 0.2) is 12.4 Å². The van der Waals surface area contributed by atoms with Gasteiger partial charge in [-0.3, -0.25) is 0 Å². The summed E-state index contributed by atoms with van der Waals surface area (Å²) in [6.07, 6.45) is 3.59. The minimum absolute atomic E-state index is 0.0933. The van der Waals surface area contributed by atoms with E-state index in [0.717, 1.165) is 5.82 Å². The van der Waals surface area contributed by atoms with Gasteiger partial charge in [-0.1, -0.05) is 0 Å². The van der Waals surface area contributed by atoms with E-state index >= 15 is 0 Å². The first-order valence-electron chi connectivity index (χ1n) is 5.43. The van der Waals surface area contributed by atoms with Crippen molar-refractivity contribution in [3.8, 4) is 6.01 Å². The van der Waals surface area contributed by atoms with Crippen molar-refractivity contribution in [2.45, 2.75) is 13.5 Å². The molecule has 7 nitrogen and oxygen atoms in total. The van der Waals surface area contributed by atoms with E-state index in [1.165, 1.54) is 0 Å². The molecule has 0 bridgehead atoms. The second-order valence-corrected chi connectivity index (χ2v) is 3.79. The van der Waals surface area contributed by atoms with Crippen LogP contribution >= 0.6 is 11.6 Å². The average molecular weight is 269 g/mol. The van der Waals surface area contributed by atoms with Gasteiger partial charge in [-0.05, 0) is 18.5 Å². The SMILES string of the molecule is CCOc1nc(Cl)nc(NCc2nccn2C)n1. The lowest BCUT2D eigenvalue weighted by atomic mass is 10.6. The number of ether oxygens (including phenoxy) is 1. The van der Waals surface area contributed by atoms with Gasteiger partial charge in [0.1, 0.15) is 5.82 Å². The molecule has 0 atom stereocenters. The first-order valence-corrected chi connectivity index (χ1v) is 5.81. The Kier molecular flexibility index (Phi) is 3.93. The maximum atomic E-state index is 5.77. The third kappa shape index (κ3) is 3.07. The van der Waals surface area contributed by atoms with Gasteiger partial charge in [-0.2, -0.15) is 15.0 Å². The summed E-state index contributed by atoms with van der Waals surface area (Å²) in [5.74, 6) is 1.23. The van der Waals surface area contributed by atoms with Crippen molar-refractivity contribution in [1.29, 1.82) is 0 Å². The van der Waals surface area contributed by atoms with Crippen molar-refractivity contribution < 1.29 is 4.74 Å². The maximum Gasteiger partial charge on any atom is 0.322 e. The predicted octanol–water partition coefficient (Wildman–Crippen LogP) is 1.27. The number of nitrogens with one attached hydrogen (secondary N) is 1. The molecule has 0 fully saturated rings. The first kappa shape index (κ1) is 12.6. The molecule has 0 aliphatic heterocycles. The molecule has 1 N–H and O–H groups in total. The van der Waals surface area contributed by atoms with E-state index in [1.807, 2.05) is 24.7 Å². The van der Waals surface area contributed by atoms with Gasteiger partial charge < -0.3 is 14.6 Å². The van der Waals surface area contributed by atoms with E-state index in [1.54, 1.807) is 6.20 Å². The lowest BCUT2D eigenvalue weighted by Crippen LogP contribution is -2.09. The molecule has 0 saturated carbocycles. The van der Waals surface area contributed by atoms with E-state index in [-0.39, 0.29) is 11.3 Å². The van der Waals surface area contributed by atoms with Crippen LogP contribution in [0.3, 0.4) is 0 Å². The van der Waals surface area contributed by atoms with Crippen LogP contribution < -0.4 is 10.1 Å². The summed E-state index contributed by atoms with van der Waals surface area (Å²) >= 11 is 5.77. The smallest absolute Gasteiger partial charge is 0.322 e. The van der Waals surface area contributed by atoms with Crippen LogP contribution in [0.2, 0.25) is 5.28 Å². The largest absolute Gasteiger partial charge is 0.464 e. The zero-order valence-corrected chi connectivity index (χ0v) is 10.8. The highest BCUT2D eigenvalue weighted by atomic mass is 35.5. The van der Waals surface area contributed by atoms with Crippen LogP contribution in [-0.4, -0.2) is 31.1 Å². The summed E-state index contributed by atoms with van der Waals surface area (Å²) in [5, 5.41) is 3.11. The molecule has 2 aromatic rings. The van der Waals surface area contributed by atoms with Crippen molar-refractivity contribution in [2.24, 2.45) is 7.05 Å². The molecule has 0 radical (unpaired) electrons. The number of rotatable bonds is 5. The van der Waals surface area contributed by atoms with Gasteiger partial charge in [0.25, 0.3) is 0 Å². The fourth-order valence-electron chi connectivity index (χ4n) is 1.33. The molecule has 2 heterocycles. The van der Waals surface area contributed by atoms with Crippen LogP contribution in [-0.2, 0) is 13.6 Å². The van der Waals surface area contributed by atoms with Crippen LogP contribution in [0.25, 0.3) is 0 Å². The van der Waals surface area contributed by atoms with Crippen LogP contribution in [0, 0.1) is 0 Å². The maximum absolute atomic E-state index is 5.77. The van der Waals surface area contributed by atoms with Gasteiger partial charge in [0.2, 0.25) is 11.2 Å². The molecule has 0 unspecified atom stereocenters. The van der Waals surface area contributed by atoms with E-state index < -0.39 is 0 Å². The van der Waals surface area contributed by atoms with Gasteiger partial charge >= 0.3 is 6.01 Å². The van der Waals surface area contributed by atoms with Crippen molar-refractivity contribution in [3.63, 3.8) is 0 Å². The molecule has 0 aliphatic rings. The third-order valence-corrected chi connectivity index (χ3v) is 2.36. The standard InChI is InChI=1S/C10H13ClN6O/c1-3-18-10-15-8(11)14-9(16-10)13-6-7-12-4-5-17(7)2/h4-5H,3,6H2,1-2H3,(H,13,14,15,16). The number of halogens is 1. The van der Waals surface area contributed by atoms with E-state index in [9.17, 15) is 0 Å². The Balaban J connectivity index is 2.07. The Labute approximate surface area is 109 Å². The Morgan fingerprint density at radius 3 is 2.89 bits per heavy atom. The molecule has 18 heavy (non-hydrogen) atoms. The van der Waals surface area contributed by atoms with Crippen LogP contribution in [0.1, 0.15) is 12.7 Å². The topological polar surface area (TPSA) is 77.8 Å². The minimum atomic E-state index is 0.0933. The van der Waals surface area contributed by atoms with Crippen molar-refractivity contribution in [3.05, 3.63) is 23.5 Å². The van der Waals surface area contributed by atoms with Crippen LogP contribution in [0.4, 0.5) is 5.95 Å². The third-order valence-electron chi connectivity index (χ3n) is 2.19. The molecule has 2 aromatic heterocycles. The number of aromatic nitrogens is 5. The molecule has 0 amide bonds. The molecule has 0 spiro atoms. The Hall–Kier alpha value is -1.89. The molecule has 0 saturated heterocycles. The van der Waals surface area contributed by atoms with Crippen molar-refractivity contribution in [1.82, 2.24) is 24.5 Å². The lowest BCUT2D eigenvalue weighted by Gasteiger charge is -2.06. The summed E-state index contributed by atoms with van der Waals surface area (Å²) < 4.78 is 7.08.